The zero-order valence-corrected chi connectivity index (χ0v) is 31.9. The van der Waals surface area contributed by atoms with Crippen LogP contribution in [0.4, 0.5) is 0 Å². The highest BCUT2D eigenvalue weighted by Gasteiger charge is 2.22. The number of Topliss-reactive ketones (excluding diaryl/α,β-unsaturated/α-hetero) is 2. The van der Waals surface area contributed by atoms with Gasteiger partial charge in [0.1, 0.15) is 11.6 Å². The third-order valence-electron chi connectivity index (χ3n) is 8.17. The van der Waals surface area contributed by atoms with E-state index in [0.717, 1.165) is 51.4 Å². The first-order chi connectivity index (χ1) is 25.2. The summed E-state index contributed by atoms with van der Waals surface area (Å²) >= 11 is 0. The molecule has 0 aromatic rings. The normalized spacial score (nSPS) is 11.8. The molecule has 0 aliphatic heterocycles. The Morgan fingerprint density at radius 3 is 1.27 bits per heavy atom. The van der Waals surface area contributed by atoms with E-state index in [1.54, 1.807) is 0 Å². The summed E-state index contributed by atoms with van der Waals surface area (Å²) in [7, 11) is 0. The molecule has 0 saturated heterocycles. The summed E-state index contributed by atoms with van der Waals surface area (Å²) in [4.78, 5) is 57.5. The van der Waals surface area contributed by atoms with Gasteiger partial charge in [-0.2, -0.15) is 0 Å². The Labute approximate surface area is 311 Å². The van der Waals surface area contributed by atoms with Gasteiger partial charge < -0.3 is 44.0 Å². The second-order valence-electron chi connectivity index (χ2n) is 12.9. The molecule has 0 heterocycles. The summed E-state index contributed by atoms with van der Waals surface area (Å²) in [6.45, 7) is 6.89. The SMILES string of the molecule is CC(=O)CCOCCOCCOCCOCCOCCOCCNC(=O)CCC(CC(=O)CCCCCCCCCCCCCCC(=O)O)C(=O)O. The highest BCUT2D eigenvalue weighted by molar-refractivity contribution is 5.84. The number of carbonyl (C=O) groups excluding carboxylic acids is 3. The molecule has 0 fully saturated rings. The Balaban J connectivity index is 3.55. The van der Waals surface area contributed by atoms with Gasteiger partial charge >= 0.3 is 11.9 Å². The number of carboxylic acid groups (broad SMARTS) is 2. The molecule has 0 spiro atoms. The number of rotatable bonds is 42. The zero-order chi connectivity index (χ0) is 38.3. The third-order valence-corrected chi connectivity index (χ3v) is 8.17. The molecule has 304 valence electrons. The zero-order valence-electron chi connectivity index (χ0n) is 31.9. The van der Waals surface area contributed by atoms with Gasteiger partial charge in [-0.15, -0.1) is 0 Å². The van der Waals surface area contributed by atoms with Crippen molar-refractivity contribution < 1.29 is 62.6 Å². The van der Waals surface area contributed by atoms with Crippen molar-refractivity contribution in [3.63, 3.8) is 0 Å². The minimum Gasteiger partial charge on any atom is -0.481 e. The van der Waals surface area contributed by atoms with Gasteiger partial charge in [0.2, 0.25) is 5.91 Å². The van der Waals surface area contributed by atoms with Crippen molar-refractivity contribution >= 4 is 29.4 Å². The van der Waals surface area contributed by atoms with Crippen LogP contribution in [0.2, 0.25) is 0 Å². The summed E-state index contributed by atoms with van der Waals surface area (Å²) in [5, 5.41) is 20.9. The lowest BCUT2D eigenvalue weighted by atomic mass is 9.94. The molecule has 0 aliphatic rings. The van der Waals surface area contributed by atoms with E-state index in [4.69, 9.17) is 33.5 Å². The smallest absolute Gasteiger partial charge is 0.306 e. The quantitative estimate of drug-likeness (QED) is 0.0694. The molecule has 0 saturated carbocycles. The van der Waals surface area contributed by atoms with E-state index in [1.165, 1.54) is 32.6 Å². The monoisotopic (exact) mass is 747 g/mol. The molecule has 52 heavy (non-hydrogen) atoms. The summed E-state index contributed by atoms with van der Waals surface area (Å²) < 4.78 is 32.4. The van der Waals surface area contributed by atoms with Crippen LogP contribution >= 0.6 is 0 Å². The fourth-order valence-electron chi connectivity index (χ4n) is 5.13. The van der Waals surface area contributed by atoms with Gasteiger partial charge in [-0.05, 0) is 26.2 Å². The standard InChI is InChI=1S/C38H69NO13/c1-33(40)18-20-47-22-24-49-26-28-51-30-31-52-29-27-50-25-23-48-21-19-39-36(42)17-16-34(38(45)46)32-35(41)14-12-10-8-6-4-2-3-5-7-9-11-13-15-37(43)44/h34H,2-32H2,1H3,(H,39,42)(H,43,44)(H,45,46). The van der Waals surface area contributed by atoms with Gasteiger partial charge in [-0.3, -0.25) is 24.0 Å². The first-order valence-corrected chi connectivity index (χ1v) is 19.4. The Bertz CT molecular complexity index is 902. The van der Waals surface area contributed by atoms with Gasteiger partial charge in [0.25, 0.3) is 0 Å². The molecule has 0 aromatic carbocycles. The van der Waals surface area contributed by atoms with Gasteiger partial charge in [0.05, 0.1) is 85.2 Å². The average molecular weight is 748 g/mol. The van der Waals surface area contributed by atoms with Crippen molar-refractivity contribution in [2.45, 2.75) is 122 Å². The topological polar surface area (TPSA) is 193 Å². The maximum absolute atomic E-state index is 12.4. The molecule has 14 nitrogen and oxygen atoms in total. The van der Waals surface area contributed by atoms with Crippen LogP contribution in [0.1, 0.15) is 122 Å². The van der Waals surface area contributed by atoms with E-state index in [0.29, 0.717) is 98.7 Å². The predicted octanol–water partition coefficient (Wildman–Crippen LogP) is 5.17. The molecule has 1 unspecified atom stereocenters. The molecule has 0 radical (unpaired) electrons. The van der Waals surface area contributed by atoms with Crippen LogP contribution in [-0.2, 0) is 52.4 Å². The van der Waals surface area contributed by atoms with E-state index in [9.17, 15) is 29.1 Å². The summed E-state index contributed by atoms with van der Waals surface area (Å²) in [6, 6.07) is 0. The molecular weight excluding hydrogens is 678 g/mol. The number of unbranched alkanes of at least 4 members (excludes halogenated alkanes) is 11. The maximum atomic E-state index is 12.4. The average Bonchev–Trinajstić information content (AvgIpc) is 3.10. The number of hydrogen-bond donors (Lipinski definition) is 3. The Kier molecular flexibility index (Phi) is 36.4. The molecule has 14 heteroatoms. The molecular formula is C38H69NO13. The first-order valence-electron chi connectivity index (χ1n) is 19.4. The molecule has 0 aromatic heterocycles. The lowest BCUT2D eigenvalue weighted by Crippen LogP contribution is -2.29. The van der Waals surface area contributed by atoms with Gasteiger partial charge in [-0.25, -0.2) is 0 Å². The van der Waals surface area contributed by atoms with Crippen molar-refractivity contribution in [2.24, 2.45) is 5.92 Å². The van der Waals surface area contributed by atoms with Crippen LogP contribution in [-0.4, -0.2) is 125 Å². The third kappa shape index (κ3) is 38.7. The van der Waals surface area contributed by atoms with Crippen molar-refractivity contribution in [1.82, 2.24) is 5.32 Å². The van der Waals surface area contributed by atoms with E-state index in [-0.39, 0.29) is 43.2 Å². The van der Waals surface area contributed by atoms with Crippen molar-refractivity contribution in [1.29, 1.82) is 0 Å². The number of carbonyl (C=O) groups is 5. The second-order valence-corrected chi connectivity index (χ2v) is 12.9. The van der Waals surface area contributed by atoms with Gasteiger partial charge in [-0.1, -0.05) is 64.2 Å². The first kappa shape index (κ1) is 49.5. The summed E-state index contributed by atoms with van der Waals surface area (Å²) in [5.74, 6) is -2.85. The molecule has 1 atom stereocenters. The summed E-state index contributed by atoms with van der Waals surface area (Å²) in [6.07, 6.45) is 13.9. The van der Waals surface area contributed by atoms with Crippen LogP contribution in [0.25, 0.3) is 0 Å². The lowest BCUT2D eigenvalue weighted by molar-refractivity contribution is -0.144. The second kappa shape index (κ2) is 38.2. The number of aliphatic carboxylic acids is 2. The van der Waals surface area contributed by atoms with Crippen molar-refractivity contribution in [3.05, 3.63) is 0 Å². The minimum atomic E-state index is -1.05. The molecule has 0 bridgehead atoms. The van der Waals surface area contributed by atoms with E-state index < -0.39 is 17.9 Å². The number of nitrogens with one attached hydrogen (secondary N) is 1. The maximum Gasteiger partial charge on any atom is 0.306 e. The van der Waals surface area contributed by atoms with Crippen molar-refractivity contribution in [2.75, 3.05) is 85.8 Å². The fourth-order valence-corrected chi connectivity index (χ4v) is 5.13. The van der Waals surface area contributed by atoms with E-state index in [1.807, 2.05) is 0 Å². The molecule has 0 rings (SSSR count). The van der Waals surface area contributed by atoms with E-state index >= 15 is 0 Å². The predicted molar refractivity (Wildman–Crippen MR) is 195 cm³/mol. The Morgan fingerprint density at radius 2 is 0.865 bits per heavy atom. The number of amides is 1. The number of carboxylic acids is 2. The van der Waals surface area contributed by atoms with Crippen LogP contribution in [0, 0.1) is 5.92 Å². The largest absolute Gasteiger partial charge is 0.481 e. The fraction of sp³-hybridized carbons (Fsp3) is 0.868. The minimum absolute atomic E-state index is 0.0381. The van der Waals surface area contributed by atoms with Gasteiger partial charge in [0, 0.05) is 38.6 Å². The van der Waals surface area contributed by atoms with Crippen LogP contribution < -0.4 is 5.32 Å². The lowest BCUT2D eigenvalue weighted by Gasteiger charge is -2.12. The highest BCUT2D eigenvalue weighted by Crippen LogP contribution is 2.16. The highest BCUT2D eigenvalue weighted by atomic mass is 16.6. The summed E-state index contributed by atoms with van der Waals surface area (Å²) in [5.41, 5.74) is 0. The Morgan fingerprint density at radius 1 is 0.481 bits per heavy atom. The van der Waals surface area contributed by atoms with Crippen LogP contribution in [0.5, 0.6) is 0 Å². The number of ketones is 2. The molecule has 1 amide bonds. The Hall–Kier alpha value is -2.49. The van der Waals surface area contributed by atoms with Gasteiger partial charge in [0.15, 0.2) is 0 Å². The number of hydrogen-bond acceptors (Lipinski definition) is 11. The van der Waals surface area contributed by atoms with Crippen LogP contribution in [0.15, 0.2) is 0 Å². The van der Waals surface area contributed by atoms with E-state index in [2.05, 4.69) is 5.32 Å². The number of ether oxygens (including phenoxy) is 6. The van der Waals surface area contributed by atoms with Crippen molar-refractivity contribution in [3.8, 4) is 0 Å². The molecule has 3 N–H and O–H groups in total. The van der Waals surface area contributed by atoms with Crippen LogP contribution in [0.3, 0.4) is 0 Å². The molecule has 0 aliphatic carbocycles.